The zero-order chi connectivity index (χ0) is 17.4. The van der Waals surface area contributed by atoms with Crippen molar-refractivity contribution >= 4 is 33.9 Å². The largest absolute Gasteiger partial charge is 0.379 e. The Kier molecular flexibility index (Phi) is 7.20. The van der Waals surface area contributed by atoms with Crippen molar-refractivity contribution in [1.82, 2.24) is 9.97 Å². The first-order valence-corrected chi connectivity index (χ1v) is 9.51. The van der Waals surface area contributed by atoms with Gasteiger partial charge in [0.15, 0.2) is 10.3 Å². The zero-order valence-corrected chi connectivity index (χ0v) is 14.9. The summed E-state index contributed by atoms with van der Waals surface area (Å²) in [6.45, 7) is 0. The summed E-state index contributed by atoms with van der Waals surface area (Å²) in [5.41, 5.74) is 14.4. The second-order valence-corrected chi connectivity index (χ2v) is 7.56. The number of nitrogens with zero attached hydrogens (tertiary/aromatic N) is 1. The molecule has 0 unspecified atom stereocenters. The van der Waals surface area contributed by atoms with Crippen molar-refractivity contribution in [1.29, 1.82) is 10.8 Å². The molecular weight excluding hydrogens is 340 g/mol. The van der Waals surface area contributed by atoms with Crippen LogP contribution in [0.15, 0.2) is 36.8 Å². The second kappa shape index (κ2) is 9.39. The van der Waals surface area contributed by atoms with E-state index in [4.69, 9.17) is 22.3 Å². The van der Waals surface area contributed by atoms with E-state index in [1.807, 2.05) is 6.20 Å². The van der Waals surface area contributed by atoms with Gasteiger partial charge in [0.25, 0.3) is 0 Å². The van der Waals surface area contributed by atoms with Crippen LogP contribution in [0.5, 0.6) is 0 Å². The highest BCUT2D eigenvalue weighted by Gasteiger charge is 2.14. The quantitative estimate of drug-likeness (QED) is 0.364. The number of aryl methyl sites for hydroxylation is 1. The molecule has 0 saturated heterocycles. The van der Waals surface area contributed by atoms with E-state index < -0.39 is 0 Å². The molecule has 0 bridgehead atoms. The monoisotopic (exact) mass is 362 g/mol. The molecule has 0 spiro atoms. The molecule has 0 radical (unpaired) electrons. The Morgan fingerprint density at radius 2 is 1.83 bits per heavy atom. The van der Waals surface area contributed by atoms with Crippen molar-refractivity contribution < 1.29 is 0 Å². The van der Waals surface area contributed by atoms with Gasteiger partial charge in [-0.3, -0.25) is 10.8 Å². The van der Waals surface area contributed by atoms with Crippen LogP contribution in [0.4, 0.5) is 0 Å². The van der Waals surface area contributed by atoms with Gasteiger partial charge in [0.1, 0.15) is 0 Å². The lowest BCUT2D eigenvalue weighted by molar-refractivity contribution is 0.756. The number of hydrogen-bond donors (Lipinski definition) is 5. The van der Waals surface area contributed by atoms with Crippen LogP contribution in [0.25, 0.3) is 0 Å². The van der Waals surface area contributed by atoms with E-state index in [9.17, 15) is 0 Å². The molecule has 7 N–H and O–H groups in total. The minimum atomic E-state index is 0.141. The molecule has 6 nitrogen and oxygen atoms in total. The molecule has 1 heterocycles. The van der Waals surface area contributed by atoms with Gasteiger partial charge < -0.3 is 16.5 Å². The number of imidazole rings is 1. The van der Waals surface area contributed by atoms with Crippen LogP contribution in [0.3, 0.4) is 0 Å². The average molecular weight is 363 g/mol. The van der Waals surface area contributed by atoms with Crippen LogP contribution in [0.2, 0.25) is 0 Å². The highest BCUT2D eigenvalue weighted by atomic mass is 32.2. The SMILES string of the molecule is N=C(N)SCCc1ccc([C@H](CSC(=N)N)Cc2cnc[nH]2)cc1. The molecule has 0 saturated carbocycles. The summed E-state index contributed by atoms with van der Waals surface area (Å²) >= 11 is 2.72. The third kappa shape index (κ3) is 6.29. The van der Waals surface area contributed by atoms with Crippen molar-refractivity contribution in [3.05, 3.63) is 53.6 Å². The zero-order valence-electron chi connectivity index (χ0n) is 13.3. The number of nitrogens with two attached hydrogens (primary N) is 2. The van der Waals surface area contributed by atoms with E-state index in [1.54, 1.807) is 6.33 Å². The minimum absolute atomic E-state index is 0.141. The first kappa shape index (κ1) is 18.4. The topological polar surface area (TPSA) is 128 Å². The van der Waals surface area contributed by atoms with E-state index in [0.29, 0.717) is 0 Å². The molecule has 0 amide bonds. The third-order valence-corrected chi connectivity index (χ3v) is 5.16. The number of aromatic nitrogens is 2. The van der Waals surface area contributed by atoms with Gasteiger partial charge in [0, 0.05) is 23.4 Å². The molecule has 8 heteroatoms. The van der Waals surface area contributed by atoms with Gasteiger partial charge in [-0.2, -0.15) is 0 Å². The van der Waals surface area contributed by atoms with Gasteiger partial charge >= 0.3 is 0 Å². The Morgan fingerprint density at radius 1 is 1.12 bits per heavy atom. The van der Waals surface area contributed by atoms with E-state index >= 15 is 0 Å². The summed E-state index contributed by atoms with van der Waals surface area (Å²) in [7, 11) is 0. The number of hydrogen-bond acceptors (Lipinski definition) is 5. The Hall–Kier alpha value is -1.93. The summed E-state index contributed by atoms with van der Waals surface area (Å²) < 4.78 is 0. The maximum atomic E-state index is 7.44. The van der Waals surface area contributed by atoms with Crippen LogP contribution in [0, 0.1) is 10.8 Å². The van der Waals surface area contributed by atoms with Gasteiger partial charge in [0.2, 0.25) is 0 Å². The normalized spacial score (nSPS) is 12.0. The summed E-state index contributed by atoms with van der Waals surface area (Å²) in [5.74, 6) is 1.83. The lowest BCUT2D eigenvalue weighted by atomic mass is 9.95. The Balaban J connectivity index is 2.01. The maximum Gasteiger partial charge on any atom is 0.151 e. The molecule has 0 aliphatic rings. The smallest absolute Gasteiger partial charge is 0.151 e. The Morgan fingerprint density at radius 3 is 2.42 bits per heavy atom. The fourth-order valence-corrected chi connectivity index (χ4v) is 3.61. The Bertz CT molecular complexity index is 654. The van der Waals surface area contributed by atoms with Gasteiger partial charge in [0.05, 0.1) is 6.33 Å². The predicted molar refractivity (Wildman–Crippen MR) is 104 cm³/mol. The summed E-state index contributed by atoms with van der Waals surface area (Å²) in [6.07, 6.45) is 5.23. The summed E-state index contributed by atoms with van der Waals surface area (Å²) in [6, 6.07) is 8.51. The predicted octanol–water partition coefficient (Wildman–Crippen LogP) is 2.53. The van der Waals surface area contributed by atoms with Crippen molar-refractivity contribution in [2.45, 2.75) is 18.8 Å². The van der Waals surface area contributed by atoms with Crippen LogP contribution in [-0.4, -0.2) is 31.8 Å². The van der Waals surface area contributed by atoms with E-state index in [-0.39, 0.29) is 16.3 Å². The van der Waals surface area contributed by atoms with Crippen molar-refractivity contribution in [3.63, 3.8) is 0 Å². The van der Waals surface area contributed by atoms with Crippen molar-refractivity contribution in [2.75, 3.05) is 11.5 Å². The van der Waals surface area contributed by atoms with Gasteiger partial charge in [-0.1, -0.05) is 47.8 Å². The number of amidine groups is 2. The number of benzene rings is 1. The summed E-state index contributed by atoms with van der Waals surface area (Å²) in [5, 5.41) is 15.0. The standard InChI is InChI=1S/C16H22N6S2/c17-15(18)23-6-5-11-1-3-12(4-2-11)13(9-24-16(19)20)7-14-8-21-10-22-14/h1-4,8,10,13H,5-7,9H2,(H3,17,18)(H3,19,20)(H,21,22)/t13-/m0/s1. The maximum absolute atomic E-state index is 7.44. The van der Waals surface area contributed by atoms with Crippen LogP contribution < -0.4 is 11.5 Å². The average Bonchev–Trinajstić information content (AvgIpc) is 3.05. The highest BCUT2D eigenvalue weighted by molar-refractivity contribution is 8.13. The molecule has 1 aromatic carbocycles. The molecule has 1 atom stereocenters. The number of H-pyrrole nitrogens is 1. The van der Waals surface area contributed by atoms with Crippen molar-refractivity contribution in [3.8, 4) is 0 Å². The van der Waals surface area contributed by atoms with Crippen LogP contribution in [0.1, 0.15) is 22.7 Å². The Labute approximate surface area is 150 Å². The fourth-order valence-electron chi connectivity index (χ4n) is 2.36. The van der Waals surface area contributed by atoms with Crippen molar-refractivity contribution in [2.24, 2.45) is 11.5 Å². The molecule has 0 aliphatic carbocycles. The second-order valence-electron chi connectivity index (χ2n) is 5.36. The molecule has 24 heavy (non-hydrogen) atoms. The molecule has 1 aromatic heterocycles. The number of rotatable bonds is 8. The lowest BCUT2D eigenvalue weighted by Gasteiger charge is -2.16. The molecule has 2 rings (SSSR count). The van der Waals surface area contributed by atoms with Gasteiger partial charge in [-0.05, 0) is 29.9 Å². The number of aromatic amines is 1. The van der Waals surface area contributed by atoms with E-state index in [1.165, 1.54) is 34.7 Å². The molecule has 0 aliphatic heterocycles. The summed E-state index contributed by atoms with van der Waals surface area (Å²) in [4.78, 5) is 7.20. The number of thioether (sulfide) groups is 2. The third-order valence-electron chi connectivity index (χ3n) is 3.56. The highest BCUT2D eigenvalue weighted by Crippen LogP contribution is 2.25. The molecule has 128 valence electrons. The first-order valence-electron chi connectivity index (χ1n) is 7.54. The first-order chi connectivity index (χ1) is 11.5. The number of nitrogens with one attached hydrogen (secondary N) is 3. The van der Waals surface area contributed by atoms with Crippen LogP contribution in [-0.2, 0) is 12.8 Å². The fraction of sp³-hybridized carbons (Fsp3) is 0.312. The van der Waals surface area contributed by atoms with Gasteiger partial charge in [-0.25, -0.2) is 4.98 Å². The molecular formula is C16H22N6S2. The van der Waals surface area contributed by atoms with E-state index in [0.717, 1.165) is 30.0 Å². The van der Waals surface area contributed by atoms with Gasteiger partial charge in [-0.15, -0.1) is 0 Å². The van der Waals surface area contributed by atoms with Crippen LogP contribution >= 0.6 is 23.5 Å². The minimum Gasteiger partial charge on any atom is -0.379 e. The molecule has 0 fully saturated rings. The lowest BCUT2D eigenvalue weighted by Crippen LogP contribution is -2.12. The van der Waals surface area contributed by atoms with E-state index in [2.05, 4.69) is 34.2 Å². The molecule has 2 aromatic rings.